The molecule has 0 unspecified atom stereocenters. The topological polar surface area (TPSA) is 63.1 Å². The molecule has 0 saturated heterocycles. The Labute approximate surface area is 115 Å². The molecule has 0 spiro atoms. The normalized spacial score (nSPS) is 10.6. The van der Waals surface area contributed by atoms with Crippen LogP contribution >= 0.6 is 0 Å². The van der Waals surface area contributed by atoms with Crippen LogP contribution in [0.25, 0.3) is 22.3 Å². The highest BCUT2D eigenvalue weighted by Gasteiger charge is 2.05. The minimum Gasteiger partial charge on any atom is -0.481 e. The minimum absolute atomic E-state index is 0.00878. The molecular formula is C16H12N2O2. The molecule has 0 fully saturated rings. The van der Waals surface area contributed by atoms with E-state index in [9.17, 15) is 4.79 Å². The second kappa shape index (κ2) is 5.09. The number of benzene rings is 2. The SMILES string of the molecule is O=C(O)Cc1cccc(-c2cnc3ccccc3n2)c1. The van der Waals surface area contributed by atoms with Gasteiger partial charge in [-0.1, -0.05) is 30.3 Å². The van der Waals surface area contributed by atoms with Crippen LogP contribution in [0.3, 0.4) is 0 Å². The van der Waals surface area contributed by atoms with Gasteiger partial charge in [0.1, 0.15) is 0 Å². The number of nitrogens with zero attached hydrogens (tertiary/aromatic N) is 2. The zero-order valence-electron chi connectivity index (χ0n) is 10.7. The van der Waals surface area contributed by atoms with E-state index in [1.165, 1.54) is 0 Å². The Morgan fingerprint density at radius 2 is 1.85 bits per heavy atom. The van der Waals surface area contributed by atoms with Crippen molar-refractivity contribution < 1.29 is 9.90 Å². The van der Waals surface area contributed by atoms with Gasteiger partial charge in [-0.25, -0.2) is 4.98 Å². The first-order valence-electron chi connectivity index (χ1n) is 6.25. The third-order valence-electron chi connectivity index (χ3n) is 3.03. The van der Waals surface area contributed by atoms with Gasteiger partial charge < -0.3 is 5.11 Å². The number of rotatable bonds is 3. The van der Waals surface area contributed by atoms with Crippen LogP contribution in [0.1, 0.15) is 5.56 Å². The highest BCUT2D eigenvalue weighted by Crippen LogP contribution is 2.20. The molecule has 0 aliphatic heterocycles. The van der Waals surface area contributed by atoms with Crippen molar-refractivity contribution in [1.29, 1.82) is 0 Å². The lowest BCUT2D eigenvalue weighted by molar-refractivity contribution is -0.136. The predicted molar refractivity (Wildman–Crippen MR) is 76.3 cm³/mol. The van der Waals surface area contributed by atoms with E-state index in [0.29, 0.717) is 0 Å². The van der Waals surface area contributed by atoms with Gasteiger partial charge in [-0.2, -0.15) is 0 Å². The van der Waals surface area contributed by atoms with Gasteiger partial charge in [-0.15, -0.1) is 0 Å². The summed E-state index contributed by atoms with van der Waals surface area (Å²) in [6.07, 6.45) is 1.72. The zero-order valence-corrected chi connectivity index (χ0v) is 10.7. The maximum absolute atomic E-state index is 10.8. The van der Waals surface area contributed by atoms with Crippen LogP contribution in [0.2, 0.25) is 0 Å². The molecule has 20 heavy (non-hydrogen) atoms. The summed E-state index contributed by atoms with van der Waals surface area (Å²) in [6.45, 7) is 0. The van der Waals surface area contributed by atoms with Crippen LogP contribution in [0.4, 0.5) is 0 Å². The van der Waals surface area contributed by atoms with E-state index in [2.05, 4.69) is 9.97 Å². The van der Waals surface area contributed by atoms with E-state index in [1.54, 1.807) is 12.3 Å². The van der Waals surface area contributed by atoms with Gasteiger partial charge in [-0.3, -0.25) is 9.78 Å². The fraction of sp³-hybridized carbons (Fsp3) is 0.0625. The van der Waals surface area contributed by atoms with E-state index in [4.69, 9.17) is 5.11 Å². The van der Waals surface area contributed by atoms with Crippen molar-refractivity contribution >= 4 is 17.0 Å². The third-order valence-corrected chi connectivity index (χ3v) is 3.03. The number of aromatic nitrogens is 2. The van der Waals surface area contributed by atoms with Crippen LogP contribution in [0.5, 0.6) is 0 Å². The summed E-state index contributed by atoms with van der Waals surface area (Å²) < 4.78 is 0. The molecular weight excluding hydrogens is 252 g/mol. The number of hydrogen-bond acceptors (Lipinski definition) is 3. The fourth-order valence-corrected chi connectivity index (χ4v) is 2.11. The summed E-state index contributed by atoms with van der Waals surface area (Å²) in [7, 11) is 0. The number of aliphatic carboxylic acids is 1. The Balaban J connectivity index is 2.03. The third kappa shape index (κ3) is 2.49. The highest BCUT2D eigenvalue weighted by atomic mass is 16.4. The van der Waals surface area contributed by atoms with Gasteiger partial charge in [0, 0.05) is 5.56 Å². The van der Waals surface area contributed by atoms with Crippen molar-refractivity contribution in [2.24, 2.45) is 0 Å². The molecule has 0 saturated carbocycles. The first kappa shape index (κ1) is 12.3. The second-order valence-corrected chi connectivity index (χ2v) is 4.51. The maximum atomic E-state index is 10.8. The Bertz CT molecular complexity index is 784. The average Bonchev–Trinajstić information content (AvgIpc) is 2.46. The molecule has 4 nitrogen and oxygen atoms in total. The molecule has 1 aromatic heterocycles. The van der Waals surface area contributed by atoms with Crippen molar-refractivity contribution in [2.45, 2.75) is 6.42 Å². The molecule has 0 aliphatic carbocycles. The first-order chi connectivity index (χ1) is 9.72. The van der Waals surface area contributed by atoms with Gasteiger partial charge in [0.15, 0.2) is 0 Å². The van der Waals surface area contributed by atoms with Crippen molar-refractivity contribution in [1.82, 2.24) is 9.97 Å². The lowest BCUT2D eigenvalue weighted by atomic mass is 10.1. The van der Waals surface area contributed by atoms with Gasteiger partial charge in [0.25, 0.3) is 0 Å². The number of carbonyl (C=O) groups is 1. The standard InChI is InChI=1S/C16H12N2O2/c19-16(20)9-11-4-3-5-12(8-11)15-10-17-13-6-1-2-7-14(13)18-15/h1-8,10H,9H2,(H,19,20). The molecule has 4 heteroatoms. The maximum Gasteiger partial charge on any atom is 0.307 e. The largest absolute Gasteiger partial charge is 0.481 e. The van der Waals surface area contributed by atoms with E-state index in [0.717, 1.165) is 27.9 Å². The minimum atomic E-state index is -0.841. The van der Waals surface area contributed by atoms with Crippen molar-refractivity contribution in [3.8, 4) is 11.3 Å². The molecule has 0 aliphatic rings. The van der Waals surface area contributed by atoms with E-state index in [1.807, 2.05) is 42.5 Å². The summed E-state index contributed by atoms with van der Waals surface area (Å²) in [4.78, 5) is 19.7. The predicted octanol–water partition coefficient (Wildman–Crippen LogP) is 2.92. The molecule has 0 radical (unpaired) electrons. The van der Waals surface area contributed by atoms with Crippen LogP contribution in [-0.2, 0) is 11.2 Å². The van der Waals surface area contributed by atoms with Crippen LogP contribution < -0.4 is 0 Å². The highest BCUT2D eigenvalue weighted by molar-refractivity contribution is 5.77. The monoisotopic (exact) mass is 264 g/mol. The number of carboxylic acids is 1. The number of carboxylic acid groups (broad SMARTS) is 1. The molecule has 0 bridgehead atoms. The smallest absolute Gasteiger partial charge is 0.307 e. The van der Waals surface area contributed by atoms with E-state index < -0.39 is 5.97 Å². The van der Waals surface area contributed by atoms with Crippen molar-refractivity contribution in [3.63, 3.8) is 0 Å². The van der Waals surface area contributed by atoms with Gasteiger partial charge in [-0.05, 0) is 23.8 Å². The summed E-state index contributed by atoms with van der Waals surface area (Å²) >= 11 is 0. The fourth-order valence-electron chi connectivity index (χ4n) is 2.11. The quantitative estimate of drug-likeness (QED) is 0.790. The zero-order chi connectivity index (χ0) is 13.9. The number of hydrogen-bond donors (Lipinski definition) is 1. The Hall–Kier alpha value is -2.75. The lowest BCUT2D eigenvalue weighted by Crippen LogP contribution is -2.00. The molecule has 2 aromatic carbocycles. The van der Waals surface area contributed by atoms with Crippen molar-refractivity contribution in [3.05, 3.63) is 60.3 Å². The Morgan fingerprint density at radius 3 is 2.65 bits per heavy atom. The van der Waals surface area contributed by atoms with Gasteiger partial charge in [0.2, 0.25) is 0 Å². The van der Waals surface area contributed by atoms with Gasteiger partial charge in [0.05, 0.1) is 29.3 Å². The second-order valence-electron chi connectivity index (χ2n) is 4.51. The summed E-state index contributed by atoms with van der Waals surface area (Å²) in [5.74, 6) is -0.841. The van der Waals surface area contributed by atoms with Crippen molar-refractivity contribution in [2.75, 3.05) is 0 Å². The first-order valence-corrected chi connectivity index (χ1v) is 6.25. The number of para-hydroxylation sites is 2. The molecule has 1 heterocycles. The molecule has 0 amide bonds. The molecule has 0 atom stereocenters. The molecule has 98 valence electrons. The lowest BCUT2D eigenvalue weighted by Gasteiger charge is -2.04. The molecule has 3 aromatic rings. The van der Waals surface area contributed by atoms with Crippen LogP contribution in [-0.4, -0.2) is 21.0 Å². The molecule has 1 N–H and O–H groups in total. The van der Waals surface area contributed by atoms with E-state index >= 15 is 0 Å². The summed E-state index contributed by atoms with van der Waals surface area (Å²) in [5.41, 5.74) is 4.05. The van der Waals surface area contributed by atoms with E-state index in [-0.39, 0.29) is 6.42 Å². The average molecular weight is 264 g/mol. The van der Waals surface area contributed by atoms with Crippen LogP contribution in [0, 0.1) is 0 Å². The summed E-state index contributed by atoms with van der Waals surface area (Å²) in [6, 6.07) is 15.0. The van der Waals surface area contributed by atoms with Crippen LogP contribution in [0.15, 0.2) is 54.7 Å². The Kier molecular flexibility index (Phi) is 3.13. The Morgan fingerprint density at radius 1 is 1.05 bits per heavy atom. The molecule has 3 rings (SSSR count). The summed E-state index contributed by atoms with van der Waals surface area (Å²) in [5, 5.41) is 8.84. The van der Waals surface area contributed by atoms with Gasteiger partial charge >= 0.3 is 5.97 Å². The number of fused-ring (bicyclic) bond motifs is 1.